The largest absolute Gasteiger partial charge is 0.308 e. The zero-order valence-corrected chi connectivity index (χ0v) is 9.65. The minimum Gasteiger partial charge on any atom is -0.308 e. The van der Waals surface area contributed by atoms with Crippen molar-refractivity contribution in [2.45, 2.75) is 6.04 Å². The van der Waals surface area contributed by atoms with Gasteiger partial charge in [-0.3, -0.25) is 9.97 Å². The summed E-state index contributed by atoms with van der Waals surface area (Å²) in [5.41, 5.74) is 2.01. The number of hydrogen-bond donors (Lipinski definition) is 1. The van der Waals surface area contributed by atoms with Crippen molar-refractivity contribution >= 4 is 11.6 Å². The second kappa shape index (κ2) is 5.05. The van der Waals surface area contributed by atoms with Gasteiger partial charge in [0.2, 0.25) is 0 Å². The molecule has 82 valence electrons. The summed E-state index contributed by atoms with van der Waals surface area (Å²) in [5, 5.41) is 3.94. The molecule has 0 spiro atoms. The lowest BCUT2D eigenvalue weighted by Crippen LogP contribution is -2.18. The highest BCUT2D eigenvalue weighted by atomic mass is 35.5. The molecule has 2 rings (SSSR count). The number of benzene rings is 1. The lowest BCUT2D eigenvalue weighted by molar-refractivity contribution is 0.667. The summed E-state index contributed by atoms with van der Waals surface area (Å²) in [6.07, 6.45) is 5.11. The summed E-state index contributed by atoms with van der Waals surface area (Å²) in [7, 11) is 1.90. The van der Waals surface area contributed by atoms with Crippen molar-refractivity contribution in [2.75, 3.05) is 7.05 Å². The van der Waals surface area contributed by atoms with Crippen LogP contribution >= 0.6 is 11.6 Å². The molecule has 0 bridgehead atoms. The van der Waals surface area contributed by atoms with E-state index in [1.54, 1.807) is 18.6 Å². The maximum Gasteiger partial charge on any atom is 0.0801 e. The monoisotopic (exact) mass is 233 g/mol. The molecule has 0 amide bonds. The van der Waals surface area contributed by atoms with E-state index in [-0.39, 0.29) is 6.04 Å². The third-order valence-corrected chi connectivity index (χ3v) is 2.62. The van der Waals surface area contributed by atoms with E-state index in [2.05, 4.69) is 15.3 Å². The SMILES string of the molecule is CN[C@H](c1ccc(Cl)cc1)c1cnccn1. The Labute approximate surface area is 99.5 Å². The van der Waals surface area contributed by atoms with E-state index < -0.39 is 0 Å². The molecule has 1 heterocycles. The van der Waals surface area contributed by atoms with Crippen LogP contribution in [0.4, 0.5) is 0 Å². The molecule has 1 atom stereocenters. The van der Waals surface area contributed by atoms with Gasteiger partial charge < -0.3 is 5.32 Å². The minimum atomic E-state index is 0.0472. The average Bonchev–Trinajstić information content (AvgIpc) is 2.34. The fourth-order valence-electron chi connectivity index (χ4n) is 1.60. The highest BCUT2D eigenvalue weighted by Gasteiger charge is 2.12. The number of nitrogens with one attached hydrogen (secondary N) is 1. The number of halogens is 1. The van der Waals surface area contributed by atoms with Crippen LogP contribution in [-0.4, -0.2) is 17.0 Å². The highest BCUT2D eigenvalue weighted by Crippen LogP contribution is 2.20. The van der Waals surface area contributed by atoms with Gasteiger partial charge >= 0.3 is 0 Å². The topological polar surface area (TPSA) is 37.8 Å². The third kappa shape index (κ3) is 2.38. The second-order valence-electron chi connectivity index (χ2n) is 3.40. The van der Waals surface area contributed by atoms with Crippen LogP contribution in [0.15, 0.2) is 42.9 Å². The minimum absolute atomic E-state index is 0.0472. The Morgan fingerprint density at radius 1 is 1.19 bits per heavy atom. The van der Waals surface area contributed by atoms with Crippen LogP contribution in [0.2, 0.25) is 5.02 Å². The van der Waals surface area contributed by atoms with Crippen molar-refractivity contribution < 1.29 is 0 Å². The van der Waals surface area contributed by atoms with E-state index >= 15 is 0 Å². The number of rotatable bonds is 3. The number of aromatic nitrogens is 2. The summed E-state index contributed by atoms with van der Waals surface area (Å²) in [4.78, 5) is 8.36. The predicted molar refractivity (Wildman–Crippen MR) is 64.4 cm³/mol. The normalized spacial score (nSPS) is 12.4. The van der Waals surface area contributed by atoms with E-state index in [0.29, 0.717) is 0 Å². The lowest BCUT2D eigenvalue weighted by Gasteiger charge is -2.15. The van der Waals surface area contributed by atoms with Gasteiger partial charge in [0.25, 0.3) is 0 Å². The molecule has 0 aliphatic heterocycles. The molecule has 0 fully saturated rings. The maximum atomic E-state index is 5.86. The van der Waals surface area contributed by atoms with Crippen molar-refractivity contribution in [2.24, 2.45) is 0 Å². The van der Waals surface area contributed by atoms with E-state index in [1.165, 1.54) is 0 Å². The number of hydrogen-bond acceptors (Lipinski definition) is 3. The number of nitrogens with zero attached hydrogens (tertiary/aromatic N) is 2. The van der Waals surface area contributed by atoms with E-state index in [0.717, 1.165) is 16.3 Å². The van der Waals surface area contributed by atoms with Crippen LogP contribution in [-0.2, 0) is 0 Å². The van der Waals surface area contributed by atoms with Crippen LogP contribution in [0, 0.1) is 0 Å². The predicted octanol–water partition coefficient (Wildman–Crippen LogP) is 2.44. The first-order valence-electron chi connectivity index (χ1n) is 5.00. The maximum absolute atomic E-state index is 5.86. The summed E-state index contributed by atoms with van der Waals surface area (Å²) in [6, 6.07) is 7.76. The van der Waals surface area contributed by atoms with Gasteiger partial charge in [0.1, 0.15) is 0 Å². The first-order valence-corrected chi connectivity index (χ1v) is 5.37. The Morgan fingerprint density at radius 2 is 1.94 bits per heavy atom. The van der Waals surface area contributed by atoms with Crippen molar-refractivity contribution in [3.05, 3.63) is 59.1 Å². The Morgan fingerprint density at radius 3 is 2.50 bits per heavy atom. The van der Waals surface area contributed by atoms with Gasteiger partial charge in [-0.25, -0.2) is 0 Å². The van der Waals surface area contributed by atoms with Crippen molar-refractivity contribution in [3.8, 4) is 0 Å². The molecule has 1 N–H and O–H groups in total. The van der Waals surface area contributed by atoms with Gasteiger partial charge in [-0.15, -0.1) is 0 Å². The van der Waals surface area contributed by atoms with Crippen molar-refractivity contribution in [1.82, 2.24) is 15.3 Å². The van der Waals surface area contributed by atoms with Gasteiger partial charge in [0.15, 0.2) is 0 Å². The molecule has 2 aromatic rings. The van der Waals surface area contributed by atoms with Crippen LogP contribution in [0.5, 0.6) is 0 Å². The zero-order valence-electron chi connectivity index (χ0n) is 8.89. The van der Waals surface area contributed by atoms with Gasteiger partial charge in [0, 0.05) is 17.4 Å². The molecule has 0 aliphatic carbocycles. The van der Waals surface area contributed by atoms with Gasteiger partial charge in [-0.2, -0.15) is 0 Å². The van der Waals surface area contributed by atoms with Crippen molar-refractivity contribution in [3.63, 3.8) is 0 Å². The first kappa shape index (κ1) is 11.0. The quantitative estimate of drug-likeness (QED) is 0.885. The first-order chi connectivity index (χ1) is 7.81. The Kier molecular flexibility index (Phi) is 3.49. The van der Waals surface area contributed by atoms with E-state index in [9.17, 15) is 0 Å². The summed E-state index contributed by atoms with van der Waals surface area (Å²) >= 11 is 5.86. The highest BCUT2D eigenvalue weighted by molar-refractivity contribution is 6.30. The molecule has 0 unspecified atom stereocenters. The van der Waals surface area contributed by atoms with Crippen LogP contribution in [0.1, 0.15) is 17.3 Å². The Balaban J connectivity index is 2.33. The molecule has 16 heavy (non-hydrogen) atoms. The van der Waals surface area contributed by atoms with Gasteiger partial charge in [-0.05, 0) is 24.7 Å². The zero-order chi connectivity index (χ0) is 11.4. The molecule has 0 aliphatic rings. The summed E-state index contributed by atoms with van der Waals surface area (Å²) in [6.45, 7) is 0. The molecule has 4 heteroatoms. The third-order valence-electron chi connectivity index (χ3n) is 2.37. The molecular formula is C12H12ClN3. The fraction of sp³-hybridized carbons (Fsp3) is 0.167. The Bertz CT molecular complexity index is 442. The molecule has 1 aromatic heterocycles. The molecule has 1 aromatic carbocycles. The van der Waals surface area contributed by atoms with Crippen LogP contribution in [0.25, 0.3) is 0 Å². The van der Waals surface area contributed by atoms with Gasteiger partial charge in [0.05, 0.1) is 17.9 Å². The van der Waals surface area contributed by atoms with Crippen molar-refractivity contribution in [1.29, 1.82) is 0 Å². The molecule has 3 nitrogen and oxygen atoms in total. The molecule has 0 saturated carbocycles. The summed E-state index contributed by atoms with van der Waals surface area (Å²) in [5.74, 6) is 0. The lowest BCUT2D eigenvalue weighted by atomic mass is 10.0. The Hall–Kier alpha value is -1.45. The average molecular weight is 234 g/mol. The smallest absolute Gasteiger partial charge is 0.0801 e. The van der Waals surface area contributed by atoms with E-state index in [4.69, 9.17) is 11.6 Å². The van der Waals surface area contributed by atoms with Crippen LogP contribution < -0.4 is 5.32 Å². The fourth-order valence-corrected chi connectivity index (χ4v) is 1.73. The molecule has 0 radical (unpaired) electrons. The molecular weight excluding hydrogens is 222 g/mol. The standard InChI is InChI=1S/C12H12ClN3/c1-14-12(11-8-15-6-7-16-11)9-2-4-10(13)5-3-9/h2-8,12,14H,1H3/t12-/m1/s1. The van der Waals surface area contributed by atoms with E-state index in [1.807, 2.05) is 31.3 Å². The summed E-state index contributed by atoms with van der Waals surface area (Å²) < 4.78 is 0. The molecule has 0 saturated heterocycles. The van der Waals surface area contributed by atoms with Crippen LogP contribution in [0.3, 0.4) is 0 Å². The second-order valence-corrected chi connectivity index (χ2v) is 3.84. The van der Waals surface area contributed by atoms with Gasteiger partial charge in [-0.1, -0.05) is 23.7 Å².